The lowest BCUT2D eigenvalue weighted by Gasteiger charge is -2.18. The van der Waals surface area contributed by atoms with E-state index in [1.54, 1.807) is 0 Å². The van der Waals surface area contributed by atoms with E-state index in [1.165, 1.54) is 11.1 Å². The van der Waals surface area contributed by atoms with E-state index >= 15 is 0 Å². The smallest absolute Gasteiger partial charge is 0.258 e. The van der Waals surface area contributed by atoms with Gasteiger partial charge in [-0.1, -0.05) is 23.4 Å². The van der Waals surface area contributed by atoms with E-state index in [4.69, 9.17) is 4.52 Å². The fraction of sp³-hybridized carbons (Fsp3) is 0.286. The van der Waals surface area contributed by atoms with Gasteiger partial charge in [0.15, 0.2) is 0 Å². The highest BCUT2D eigenvalue weighted by Crippen LogP contribution is 2.30. The summed E-state index contributed by atoms with van der Waals surface area (Å²) in [7, 11) is 0. The lowest BCUT2D eigenvalue weighted by atomic mass is 9.95. The Morgan fingerprint density at radius 2 is 2.11 bits per heavy atom. The molecule has 0 atom stereocenters. The van der Waals surface area contributed by atoms with Crippen molar-refractivity contribution in [3.8, 4) is 22.8 Å². The van der Waals surface area contributed by atoms with Gasteiger partial charge in [-0.3, -0.25) is 4.68 Å². The number of nitrogens with zero attached hydrogens (tertiary/aromatic N) is 4. The monoisotopic (exact) mass is 359 g/mol. The molecule has 6 heteroatoms. The molecule has 0 unspecified atom stereocenters. The van der Waals surface area contributed by atoms with Crippen molar-refractivity contribution in [1.82, 2.24) is 25.2 Å². The fourth-order valence-electron chi connectivity index (χ4n) is 3.79. The highest BCUT2D eigenvalue weighted by molar-refractivity contribution is 5.83. The van der Waals surface area contributed by atoms with Crippen molar-refractivity contribution in [2.24, 2.45) is 0 Å². The second-order valence-electron chi connectivity index (χ2n) is 7.25. The van der Waals surface area contributed by atoms with Crippen LogP contribution in [0.4, 0.5) is 0 Å². The number of nitrogens with one attached hydrogen (secondary N) is 1. The molecular weight excluding hydrogens is 338 g/mol. The first-order chi connectivity index (χ1) is 13.2. The molecule has 5 rings (SSSR count). The van der Waals surface area contributed by atoms with E-state index in [0.717, 1.165) is 41.5 Å². The molecule has 0 amide bonds. The van der Waals surface area contributed by atoms with Crippen LogP contribution in [0.5, 0.6) is 0 Å². The first-order valence-corrected chi connectivity index (χ1v) is 9.34. The second-order valence-corrected chi connectivity index (χ2v) is 7.25. The van der Waals surface area contributed by atoms with E-state index in [2.05, 4.69) is 64.7 Å². The Morgan fingerprint density at radius 3 is 3.00 bits per heavy atom. The zero-order chi connectivity index (χ0) is 18.4. The number of hydrogen-bond donors (Lipinski definition) is 1. The van der Waals surface area contributed by atoms with Crippen molar-refractivity contribution in [3.05, 3.63) is 53.7 Å². The number of fused-ring (bicyclic) bond motifs is 2. The molecule has 0 saturated carbocycles. The maximum Gasteiger partial charge on any atom is 0.258 e. The van der Waals surface area contributed by atoms with Crippen molar-refractivity contribution in [2.75, 3.05) is 6.54 Å². The average Bonchev–Trinajstić information content (AvgIpc) is 3.34. The van der Waals surface area contributed by atoms with Gasteiger partial charge in [0.2, 0.25) is 5.82 Å². The van der Waals surface area contributed by atoms with Gasteiger partial charge in [-0.25, -0.2) is 0 Å². The van der Waals surface area contributed by atoms with Crippen LogP contribution < -0.4 is 5.32 Å². The molecule has 3 heterocycles. The van der Waals surface area contributed by atoms with Crippen LogP contribution in [0.25, 0.3) is 33.7 Å². The van der Waals surface area contributed by atoms with Gasteiger partial charge in [0, 0.05) is 29.1 Å². The Bertz CT molecular complexity index is 1120. The topological polar surface area (TPSA) is 68.8 Å². The Morgan fingerprint density at radius 1 is 1.19 bits per heavy atom. The minimum absolute atomic E-state index is 0.321. The first kappa shape index (κ1) is 16.2. The molecule has 1 N–H and O–H groups in total. The van der Waals surface area contributed by atoms with Gasteiger partial charge in [0.05, 0.1) is 11.7 Å². The predicted octanol–water partition coefficient (Wildman–Crippen LogP) is 3.98. The van der Waals surface area contributed by atoms with E-state index in [9.17, 15) is 0 Å². The van der Waals surface area contributed by atoms with Gasteiger partial charge in [-0.15, -0.1) is 0 Å². The zero-order valence-corrected chi connectivity index (χ0v) is 15.4. The molecule has 0 radical (unpaired) electrons. The summed E-state index contributed by atoms with van der Waals surface area (Å²) < 4.78 is 7.61. The summed E-state index contributed by atoms with van der Waals surface area (Å²) in [5.41, 5.74) is 5.72. The van der Waals surface area contributed by atoms with Crippen molar-refractivity contribution in [1.29, 1.82) is 0 Å². The van der Waals surface area contributed by atoms with Crippen molar-refractivity contribution in [2.45, 2.75) is 32.9 Å². The largest absolute Gasteiger partial charge is 0.334 e. The molecule has 2 aromatic carbocycles. The molecule has 1 aliphatic rings. The lowest BCUT2D eigenvalue weighted by Crippen LogP contribution is -2.24. The van der Waals surface area contributed by atoms with E-state index in [-0.39, 0.29) is 0 Å². The van der Waals surface area contributed by atoms with Crippen LogP contribution in [0.2, 0.25) is 0 Å². The minimum Gasteiger partial charge on any atom is -0.334 e. The molecule has 0 fully saturated rings. The fourth-order valence-corrected chi connectivity index (χ4v) is 3.79. The summed E-state index contributed by atoms with van der Waals surface area (Å²) in [4.78, 5) is 4.68. The molecule has 2 aromatic heterocycles. The third-order valence-corrected chi connectivity index (χ3v) is 5.14. The Hall–Kier alpha value is -2.99. The van der Waals surface area contributed by atoms with Gasteiger partial charge in [0.25, 0.3) is 5.89 Å². The number of rotatable bonds is 3. The normalized spacial score (nSPS) is 14.0. The van der Waals surface area contributed by atoms with Crippen LogP contribution in [0, 0.1) is 0 Å². The molecule has 0 bridgehead atoms. The van der Waals surface area contributed by atoms with Crippen LogP contribution in [-0.4, -0.2) is 26.5 Å². The maximum atomic E-state index is 5.60. The van der Waals surface area contributed by atoms with Gasteiger partial charge < -0.3 is 9.84 Å². The first-order valence-electron chi connectivity index (χ1n) is 9.34. The Kier molecular flexibility index (Phi) is 3.79. The summed E-state index contributed by atoms with van der Waals surface area (Å²) in [6.45, 7) is 6.12. The van der Waals surface area contributed by atoms with E-state index in [1.807, 2.05) is 16.9 Å². The predicted molar refractivity (Wildman–Crippen MR) is 104 cm³/mol. The highest BCUT2D eigenvalue weighted by atomic mass is 16.5. The SMILES string of the molecule is CC(C)n1ncc2cc(-c3nc(-c4cccc5c4CCNC5)no3)ccc21. The molecule has 4 aromatic rings. The Labute approximate surface area is 157 Å². The molecule has 6 nitrogen and oxygen atoms in total. The number of aromatic nitrogens is 4. The van der Waals surface area contributed by atoms with Crippen molar-refractivity contribution < 1.29 is 4.52 Å². The minimum atomic E-state index is 0.321. The molecule has 1 aliphatic heterocycles. The van der Waals surface area contributed by atoms with Crippen molar-refractivity contribution >= 4 is 10.9 Å². The lowest BCUT2D eigenvalue weighted by molar-refractivity contribution is 0.432. The number of hydrogen-bond acceptors (Lipinski definition) is 5. The summed E-state index contributed by atoms with van der Waals surface area (Å²) in [6, 6.07) is 12.8. The van der Waals surface area contributed by atoms with Crippen LogP contribution in [0.1, 0.15) is 31.0 Å². The maximum absolute atomic E-state index is 5.60. The van der Waals surface area contributed by atoms with Gasteiger partial charge in [0.1, 0.15) is 0 Å². The average molecular weight is 359 g/mol. The molecule has 136 valence electrons. The van der Waals surface area contributed by atoms with E-state index in [0.29, 0.717) is 17.8 Å². The summed E-state index contributed by atoms with van der Waals surface area (Å²) >= 11 is 0. The highest BCUT2D eigenvalue weighted by Gasteiger charge is 2.18. The quantitative estimate of drug-likeness (QED) is 0.599. The van der Waals surface area contributed by atoms with Crippen LogP contribution in [0.3, 0.4) is 0 Å². The van der Waals surface area contributed by atoms with Crippen LogP contribution in [-0.2, 0) is 13.0 Å². The van der Waals surface area contributed by atoms with Crippen LogP contribution >= 0.6 is 0 Å². The molecule has 0 aliphatic carbocycles. The molecule has 27 heavy (non-hydrogen) atoms. The Balaban J connectivity index is 1.54. The van der Waals surface area contributed by atoms with Gasteiger partial charge >= 0.3 is 0 Å². The zero-order valence-electron chi connectivity index (χ0n) is 15.4. The summed E-state index contributed by atoms with van der Waals surface area (Å²) in [5.74, 6) is 1.19. The van der Waals surface area contributed by atoms with Crippen molar-refractivity contribution in [3.63, 3.8) is 0 Å². The van der Waals surface area contributed by atoms with Crippen LogP contribution in [0.15, 0.2) is 47.1 Å². The number of benzene rings is 2. The molecule has 0 spiro atoms. The van der Waals surface area contributed by atoms with E-state index < -0.39 is 0 Å². The van der Waals surface area contributed by atoms with Gasteiger partial charge in [-0.2, -0.15) is 10.1 Å². The summed E-state index contributed by atoms with van der Waals surface area (Å²) in [6.07, 6.45) is 2.87. The third-order valence-electron chi connectivity index (χ3n) is 5.14. The van der Waals surface area contributed by atoms with Gasteiger partial charge in [-0.05, 0) is 56.1 Å². The standard InChI is InChI=1S/C21H21N5O/c1-13(2)26-19-7-6-14(10-16(19)12-23-26)21-24-20(25-27-21)18-5-3-4-15-11-22-9-8-17(15)18/h3-7,10,12-13,22H,8-9,11H2,1-2H3. The second kappa shape index (κ2) is 6.32. The third kappa shape index (κ3) is 2.73. The molecule has 0 saturated heterocycles. The molecular formula is C21H21N5O. The summed E-state index contributed by atoms with van der Waals surface area (Å²) in [5, 5.41) is 13.2.